The first kappa shape index (κ1) is 9.99. The summed E-state index contributed by atoms with van der Waals surface area (Å²) in [7, 11) is 3.96. The summed E-state index contributed by atoms with van der Waals surface area (Å²) < 4.78 is 0. The highest BCUT2D eigenvalue weighted by Gasteiger charge is 1.99. The first-order valence-corrected chi connectivity index (χ1v) is 4.47. The largest absolute Gasteiger partial charge is 0.363 e. The van der Waals surface area contributed by atoms with Gasteiger partial charge in [0, 0.05) is 26.3 Å². The fourth-order valence-electron chi connectivity index (χ4n) is 1.17. The lowest BCUT2D eigenvalue weighted by Crippen LogP contribution is -2.18. The molecule has 1 aromatic heterocycles. The Labute approximate surface area is 79.6 Å². The molecule has 0 aromatic carbocycles. The number of nitrogens with two attached hydrogens (primary N) is 1. The van der Waals surface area contributed by atoms with E-state index in [-0.39, 0.29) is 6.04 Å². The van der Waals surface area contributed by atoms with Crippen LogP contribution in [0.4, 0.5) is 5.82 Å². The van der Waals surface area contributed by atoms with Crippen molar-refractivity contribution in [2.24, 2.45) is 5.73 Å². The van der Waals surface area contributed by atoms with Gasteiger partial charge >= 0.3 is 0 Å². The second-order valence-corrected chi connectivity index (χ2v) is 3.60. The van der Waals surface area contributed by atoms with Crippen molar-refractivity contribution in [2.75, 3.05) is 19.0 Å². The second-order valence-electron chi connectivity index (χ2n) is 3.60. The van der Waals surface area contributed by atoms with Crippen molar-refractivity contribution in [3.05, 3.63) is 23.9 Å². The fourth-order valence-corrected chi connectivity index (χ4v) is 1.17. The number of rotatable bonds is 3. The Morgan fingerprint density at radius 2 is 2.15 bits per heavy atom. The molecule has 13 heavy (non-hydrogen) atoms. The molecule has 1 atom stereocenters. The molecule has 1 aromatic rings. The van der Waals surface area contributed by atoms with E-state index in [1.54, 1.807) is 0 Å². The van der Waals surface area contributed by atoms with Gasteiger partial charge in [-0.15, -0.1) is 0 Å². The molecule has 0 saturated heterocycles. The molecule has 3 nitrogen and oxygen atoms in total. The van der Waals surface area contributed by atoms with E-state index in [2.05, 4.69) is 11.1 Å². The first-order chi connectivity index (χ1) is 6.09. The van der Waals surface area contributed by atoms with E-state index >= 15 is 0 Å². The SMILES string of the molecule is CC(N)Cc1ccc(N(C)C)nc1. The maximum absolute atomic E-state index is 5.68. The van der Waals surface area contributed by atoms with Crippen LogP contribution in [0.3, 0.4) is 0 Å². The number of pyridine rings is 1. The van der Waals surface area contributed by atoms with Crippen LogP contribution >= 0.6 is 0 Å². The quantitative estimate of drug-likeness (QED) is 0.753. The summed E-state index contributed by atoms with van der Waals surface area (Å²) in [5, 5.41) is 0. The van der Waals surface area contributed by atoms with Crippen LogP contribution in [0.1, 0.15) is 12.5 Å². The zero-order valence-electron chi connectivity index (χ0n) is 8.49. The molecule has 0 saturated carbocycles. The van der Waals surface area contributed by atoms with Crippen molar-refractivity contribution in [2.45, 2.75) is 19.4 Å². The van der Waals surface area contributed by atoms with Crippen molar-refractivity contribution >= 4 is 5.82 Å². The van der Waals surface area contributed by atoms with E-state index < -0.39 is 0 Å². The topological polar surface area (TPSA) is 42.1 Å². The van der Waals surface area contributed by atoms with Crippen LogP contribution in [0.25, 0.3) is 0 Å². The molecule has 0 fully saturated rings. The van der Waals surface area contributed by atoms with E-state index in [9.17, 15) is 0 Å². The molecule has 0 aliphatic rings. The molecule has 1 unspecified atom stereocenters. The van der Waals surface area contributed by atoms with E-state index in [1.165, 1.54) is 5.56 Å². The Morgan fingerprint density at radius 1 is 1.46 bits per heavy atom. The minimum atomic E-state index is 0.201. The van der Waals surface area contributed by atoms with E-state index in [0.717, 1.165) is 12.2 Å². The highest BCUT2D eigenvalue weighted by atomic mass is 15.1. The van der Waals surface area contributed by atoms with Crippen LogP contribution in [0, 0.1) is 0 Å². The minimum Gasteiger partial charge on any atom is -0.363 e. The van der Waals surface area contributed by atoms with E-state index in [1.807, 2.05) is 38.2 Å². The summed E-state index contributed by atoms with van der Waals surface area (Å²) >= 11 is 0. The zero-order valence-corrected chi connectivity index (χ0v) is 8.49. The molecule has 0 radical (unpaired) electrons. The van der Waals surface area contributed by atoms with Crippen molar-refractivity contribution < 1.29 is 0 Å². The predicted octanol–water partition coefficient (Wildman–Crippen LogP) is 1.04. The van der Waals surface area contributed by atoms with Gasteiger partial charge < -0.3 is 10.6 Å². The normalized spacial score (nSPS) is 12.6. The number of aromatic nitrogens is 1. The van der Waals surface area contributed by atoms with Crippen LogP contribution in [-0.4, -0.2) is 25.1 Å². The smallest absolute Gasteiger partial charge is 0.127 e. The summed E-state index contributed by atoms with van der Waals surface area (Å²) in [6.45, 7) is 2.00. The van der Waals surface area contributed by atoms with Gasteiger partial charge in [0.05, 0.1) is 0 Å². The second kappa shape index (κ2) is 4.23. The third kappa shape index (κ3) is 3.03. The van der Waals surface area contributed by atoms with Crippen molar-refractivity contribution in [3.63, 3.8) is 0 Å². The van der Waals surface area contributed by atoms with Gasteiger partial charge in [-0.3, -0.25) is 0 Å². The van der Waals surface area contributed by atoms with Crippen LogP contribution in [0.5, 0.6) is 0 Å². The van der Waals surface area contributed by atoms with Crippen molar-refractivity contribution in [1.82, 2.24) is 4.98 Å². The zero-order chi connectivity index (χ0) is 9.84. The lowest BCUT2D eigenvalue weighted by atomic mass is 10.1. The van der Waals surface area contributed by atoms with Gasteiger partial charge in [-0.1, -0.05) is 6.07 Å². The Bertz CT molecular complexity index is 251. The molecule has 72 valence electrons. The third-order valence-electron chi connectivity index (χ3n) is 1.83. The lowest BCUT2D eigenvalue weighted by Gasteiger charge is -2.11. The fraction of sp³-hybridized carbons (Fsp3) is 0.500. The molecule has 2 N–H and O–H groups in total. The van der Waals surface area contributed by atoms with E-state index in [0.29, 0.717) is 0 Å². The Balaban J connectivity index is 2.70. The summed E-state index contributed by atoms with van der Waals surface area (Å²) in [5.41, 5.74) is 6.88. The van der Waals surface area contributed by atoms with Gasteiger partial charge in [-0.25, -0.2) is 4.98 Å². The molecule has 3 heteroatoms. The molecule has 0 spiro atoms. The molecule has 1 rings (SSSR count). The average molecular weight is 179 g/mol. The molecular formula is C10H17N3. The van der Waals surface area contributed by atoms with Crippen molar-refractivity contribution in [1.29, 1.82) is 0 Å². The van der Waals surface area contributed by atoms with E-state index in [4.69, 9.17) is 5.73 Å². The molecular weight excluding hydrogens is 162 g/mol. The number of anilines is 1. The van der Waals surface area contributed by atoms with Crippen LogP contribution in [-0.2, 0) is 6.42 Å². The molecule has 0 bridgehead atoms. The summed E-state index contributed by atoms with van der Waals surface area (Å²) in [4.78, 5) is 6.28. The van der Waals surface area contributed by atoms with Gasteiger partial charge in [0.2, 0.25) is 0 Å². The van der Waals surface area contributed by atoms with Gasteiger partial charge in [-0.2, -0.15) is 0 Å². The lowest BCUT2D eigenvalue weighted by molar-refractivity contribution is 0.735. The number of hydrogen-bond acceptors (Lipinski definition) is 3. The van der Waals surface area contributed by atoms with Crippen molar-refractivity contribution in [3.8, 4) is 0 Å². The first-order valence-electron chi connectivity index (χ1n) is 4.47. The molecule has 1 heterocycles. The van der Waals surface area contributed by atoms with Gasteiger partial charge in [0.15, 0.2) is 0 Å². The van der Waals surface area contributed by atoms with Gasteiger partial charge in [-0.05, 0) is 25.0 Å². The maximum atomic E-state index is 5.68. The number of nitrogens with zero attached hydrogens (tertiary/aromatic N) is 2. The summed E-state index contributed by atoms with van der Waals surface area (Å²) in [5.74, 6) is 0.980. The minimum absolute atomic E-state index is 0.201. The standard InChI is InChI=1S/C10H17N3/c1-8(11)6-9-4-5-10(12-7-9)13(2)3/h4-5,7-8H,6,11H2,1-3H3. The predicted molar refractivity (Wildman–Crippen MR) is 55.9 cm³/mol. The molecule has 0 amide bonds. The Kier molecular flexibility index (Phi) is 3.25. The highest BCUT2D eigenvalue weighted by molar-refractivity contribution is 5.37. The van der Waals surface area contributed by atoms with Gasteiger partial charge in [0.1, 0.15) is 5.82 Å². The summed E-state index contributed by atoms with van der Waals surface area (Å²) in [6, 6.07) is 4.29. The average Bonchev–Trinajstić information content (AvgIpc) is 2.04. The summed E-state index contributed by atoms with van der Waals surface area (Å²) in [6.07, 6.45) is 2.78. The monoisotopic (exact) mass is 179 g/mol. The van der Waals surface area contributed by atoms with Crippen LogP contribution in [0.2, 0.25) is 0 Å². The Hall–Kier alpha value is -1.09. The number of hydrogen-bond donors (Lipinski definition) is 1. The van der Waals surface area contributed by atoms with Crippen LogP contribution < -0.4 is 10.6 Å². The third-order valence-corrected chi connectivity index (χ3v) is 1.83. The Morgan fingerprint density at radius 3 is 2.54 bits per heavy atom. The van der Waals surface area contributed by atoms with Gasteiger partial charge in [0.25, 0.3) is 0 Å². The molecule has 0 aliphatic heterocycles. The van der Waals surface area contributed by atoms with Crippen LogP contribution in [0.15, 0.2) is 18.3 Å². The highest BCUT2D eigenvalue weighted by Crippen LogP contribution is 2.08. The molecule has 0 aliphatic carbocycles. The maximum Gasteiger partial charge on any atom is 0.127 e.